The lowest BCUT2D eigenvalue weighted by atomic mass is 10.1. The van der Waals surface area contributed by atoms with Crippen LogP contribution in [0.5, 0.6) is 0 Å². The molecule has 1 aromatic heterocycles. The standard InChI is InChI=1S/C19H27N3O4/c1-11-8-13-14(9-12(11)2)22(18-17(25)16(24)15(10-23)26-18)19(20-13)21-6-4-3-5-7-21/h8-9,15-18,23-25H,3-7,10H2,1-2H3/t15-,16+,17+,18-/m0/s1. The van der Waals surface area contributed by atoms with E-state index in [0.29, 0.717) is 0 Å². The van der Waals surface area contributed by atoms with Crippen molar-refractivity contribution in [2.75, 3.05) is 24.6 Å². The number of hydrogen-bond acceptors (Lipinski definition) is 6. The number of rotatable bonds is 3. The van der Waals surface area contributed by atoms with E-state index in [4.69, 9.17) is 9.72 Å². The largest absolute Gasteiger partial charge is 0.394 e. The highest BCUT2D eigenvalue weighted by Gasteiger charge is 2.45. The summed E-state index contributed by atoms with van der Waals surface area (Å²) in [5, 5.41) is 30.2. The van der Waals surface area contributed by atoms with E-state index in [1.807, 2.05) is 11.5 Å². The molecule has 1 aromatic carbocycles. The van der Waals surface area contributed by atoms with E-state index in [1.165, 1.54) is 6.42 Å². The van der Waals surface area contributed by atoms with E-state index in [1.54, 1.807) is 0 Å². The molecule has 2 aromatic rings. The van der Waals surface area contributed by atoms with Crippen molar-refractivity contribution in [3.05, 3.63) is 23.3 Å². The van der Waals surface area contributed by atoms with Crippen LogP contribution in [-0.2, 0) is 4.74 Å². The van der Waals surface area contributed by atoms with Crippen LogP contribution in [0, 0.1) is 13.8 Å². The highest BCUT2D eigenvalue weighted by atomic mass is 16.6. The Balaban J connectivity index is 1.86. The summed E-state index contributed by atoms with van der Waals surface area (Å²) >= 11 is 0. The Morgan fingerprint density at radius 3 is 2.42 bits per heavy atom. The van der Waals surface area contributed by atoms with Crippen molar-refractivity contribution >= 4 is 17.0 Å². The molecule has 0 unspecified atom stereocenters. The third kappa shape index (κ3) is 2.79. The van der Waals surface area contributed by atoms with E-state index in [0.717, 1.165) is 54.0 Å². The van der Waals surface area contributed by atoms with Crippen LogP contribution in [0.4, 0.5) is 5.95 Å². The van der Waals surface area contributed by atoms with Crippen LogP contribution >= 0.6 is 0 Å². The van der Waals surface area contributed by atoms with Gasteiger partial charge in [0.2, 0.25) is 5.95 Å². The van der Waals surface area contributed by atoms with Crippen molar-refractivity contribution in [1.29, 1.82) is 0 Å². The molecule has 7 heteroatoms. The number of aryl methyl sites for hydroxylation is 2. The molecule has 0 saturated carbocycles. The van der Waals surface area contributed by atoms with E-state index >= 15 is 0 Å². The van der Waals surface area contributed by atoms with Crippen LogP contribution in [0.15, 0.2) is 12.1 Å². The number of aromatic nitrogens is 2. The summed E-state index contributed by atoms with van der Waals surface area (Å²) in [4.78, 5) is 7.07. The smallest absolute Gasteiger partial charge is 0.208 e. The lowest BCUT2D eigenvalue weighted by Gasteiger charge is -2.30. The first-order valence-electron chi connectivity index (χ1n) is 9.38. The topological polar surface area (TPSA) is 91.0 Å². The van der Waals surface area contributed by atoms with E-state index in [-0.39, 0.29) is 6.61 Å². The van der Waals surface area contributed by atoms with E-state index in [9.17, 15) is 15.3 Å². The molecule has 0 aliphatic carbocycles. The molecule has 4 rings (SSSR count). The number of benzene rings is 1. The highest BCUT2D eigenvalue weighted by Crippen LogP contribution is 2.37. The van der Waals surface area contributed by atoms with Crippen molar-refractivity contribution in [3.8, 4) is 0 Å². The van der Waals surface area contributed by atoms with Gasteiger partial charge in [-0.05, 0) is 56.4 Å². The Bertz CT molecular complexity index is 800. The normalized spacial score (nSPS) is 29.7. The van der Waals surface area contributed by atoms with Crippen LogP contribution in [0.2, 0.25) is 0 Å². The van der Waals surface area contributed by atoms with Crippen molar-refractivity contribution < 1.29 is 20.1 Å². The number of aliphatic hydroxyl groups excluding tert-OH is 3. The number of anilines is 1. The quantitative estimate of drug-likeness (QED) is 0.762. The van der Waals surface area contributed by atoms with Crippen LogP contribution in [0.3, 0.4) is 0 Å². The second-order valence-electron chi connectivity index (χ2n) is 7.48. The summed E-state index contributed by atoms with van der Waals surface area (Å²) < 4.78 is 7.73. The van der Waals surface area contributed by atoms with Gasteiger partial charge in [-0.15, -0.1) is 0 Å². The Kier molecular flexibility index (Phi) is 4.64. The lowest BCUT2D eigenvalue weighted by molar-refractivity contribution is -0.0502. The van der Waals surface area contributed by atoms with Crippen molar-refractivity contribution in [2.24, 2.45) is 0 Å². The summed E-state index contributed by atoms with van der Waals surface area (Å²) in [7, 11) is 0. The highest BCUT2D eigenvalue weighted by molar-refractivity contribution is 5.81. The second kappa shape index (κ2) is 6.81. The van der Waals surface area contributed by atoms with Gasteiger partial charge in [-0.25, -0.2) is 4.98 Å². The first-order chi connectivity index (χ1) is 12.5. The maximum Gasteiger partial charge on any atom is 0.208 e. The number of nitrogens with zero attached hydrogens (tertiary/aromatic N) is 3. The first-order valence-corrected chi connectivity index (χ1v) is 9.38. The van der Waals surface area contributed by atoms with Gasteiger partial charge in [-0.3, -0.25) is 4.57 Å². The number of imidazole rings is 1. The van der Waals surface area contributed by atoms with Crippen molar-refractivity contribution in [2.45, 2.75) is 57.6 Å². The minimum atomic E-state index is -1.12. The number of ether oxygens (including phenoxy) is 1. The van der Waals surface area contributed by atoms with Gasteiger partial charge in [0.1, 0.15) is 18.3 Å². The average Bonchev–Trinajstić information content (AvgIpc) is 3.14. The van der Waals surface area contributed by atoms with Crippen molar-refractivity contribution in [1.82, 2.24) is 9.55 Å². The Morgan fingerprint density at radius 2 is 1.77 bits per heavy atom. The Hall–Kier alpha value is -1.67. The van der Waals surface area contributed by atoms with E-state index < -0.39 is 24.5 Å². The molecular weight excluding hydrogens is 334 g/mol. The zero-order valence-electron chi connectivity index (χ0n) is 15.3. The average molecular weight is 361 g/mol. The third-order valence-electron chi connectivity index (χ3n) is 5.70. The molecule has 0 spiro atoms. The first kappa shape index (κ1) is 17.7. The molecule has 0 radical (unpaired) electrons. The van der Waals surface area contributed by atoms with Gasteiger partial charge < -0.3 is 25.0 Å². The number of aliphatic hydroxyl groups is 3. The predicted octanol–water partition coefficient (Wildman–Crippen LogP) is 1.25. The van der Waals surface area contributed by atoms with Gasteiger partial charge >= 0.3 is 0 Å². The lowest BCUT2D eigenvalue weighted by Crippen LogP contribution is -2.35. The van der Waals surface area contributed by atoms with Gasteiger partial charge in [-0.2, -0.15) is 0 Å². The molecule has 3 N–H and O–H groups in total. The van der Waals surface area contributed by atoms with Gasteiger partial charge in [0.25, 0.3) is 0 Å². The maximum atomic E-state index is 10.6. The minimum Gasteiger partial charge on any atom is -0.394 e. The number of piperidine rings is 1. The fourth-order valence-electron chi connectivity index (χ4n) is 4.00. The Morgan fingerprint density at radius 1 is 1.08 bits per heavy atom. The van der Waals surface area contributed by atoms with Crippen LogP contribution in [0.1, 0.15) is 36.6 Å². The monoisotopic (exact) mass is 361 g/mol. The SMILES string of the molecule is Cc1cc2nc(N3CCCCC3)n([C@H]3O[C@@H](CO)[C@@H](O)[C@H]3O)c2cc1C. The van der Waals surface area contributed by atoms with Crippen molar-refractivity contribution in [3.63, 3.8) is 0 Å². The van der Waals surface area contributed by atoms with Gasteiger partial charge in [0, 0.05) is 13.1 Å². The molecule has 7 nitrogen and oxygen atoms in total. The summed E-state index contributed by atoms with van der Waals surface area (Å²) in [6.07, 6.45) is -0.380. The van der Waals surface area contributed by atoms with Gasteiger partial charge in [-0.1, -0.05) is 0 Å². The molecule has 0 bridgehead atoms. The summed E-state index contributed by atoms with van der Waals surface area (Å²) in [6.45, 7) is 5.59. The minimum absolute atomic E-state index is 0.335. The van der Waals surface area contributed by atoms with Crippen LogP contribution in [0.25, 0.3) is 11.0 Å². The number of fused-ring (bicyclic) bond motifs is 1. The van der Waals surface area contributed by atoms with Crippen LogP contribution in [-0.4, -0.2) is 62.9 Å². The molecule has 2 aliphatic rings. The molecular formula is C19H27N3O4. The summed E-state index contributed by atoms with van der Waals surface area (Å²) in [5.74, 6) is 0.763. The predicted molar refractivity (Wildman–Crippen MR) is 98.3 cm³/mol. The molecule has 4 atom stereocenters. The molecule has 2 saturated heterocycles. The van der Waals surface area contributed by atoms with Gasteiger partial charge in [0.05, 0.1) is 17.6 Å². The Labute approximate surface area is 152 Å². The summed E-state index contributed by atoms with van der Waals surface area (Å²) in [5.41, 5.74) is 4.03. The molecule has 2 fully saturated rings. The maximum absolute atomic E-state index is 10.6. The third-order valence-corrected chi connectivity index (χ3v) is 5.70. The zero-order valence-corrected chi connectivity index (χ0v) is 15.3. The molecule has 3 heterocycles. The molecule has 142 valence electrons. The van der Waals surface area contributed by atoms with Gasteiger partial charge in [0.15, 0.2) is 6.23 Å². The fourth-order valence-corrected chi connectivity index (χ4v) is 4.00. The molecule has 26 heavy (non-hydrogen) atoms. The molecule has 2 aliphatic heterocycles. The fraction of sp³-hybridized carbons (Fsp3) is 0.632. The summed E-state index contributed by atoms with van der Waals surface area (Å²) in [6, 6.07) is 4.11. The molecule has 0 amide bonds. The van der Waals surface area contributed by atoms with Crippen LogP contribution < -0.4 is 4.90 Å². The second-order valence-corrected chi connectivity index (χ2v) is 7.48. The van der Waals surface area contributed by atoms with E-state index in [2.05, 4.69) is 24.0 Å². The number of hydrogen-bond donors (Lipinski definition) is 3. The zero-order chi connectivity index (χ0) is 18.4.